The summed E-state index contributed by atoms with van der Waals surface area (Å²) >= 11 is 0. The number of hydrogen-bond donors (Lipinski definition) is 1. The summed E-state index contributed by atoms with van der Waals surface area (Å²) in [6.45, 7) is 7.18. The molecule has 0 aliphatic rings. The van der Waals surface area contributed by atoms with Crippen LogP contribution in [-0.2, 0) is 17.8 Å². The van der Waals surface area contributed by atoms with E-state index in [1.807, 2.05) is 68.3 Å². The third-order valence-electron chi connectivity index (χ3n) is 4.63. The molecule has 2 aromatic carbocycles. The van der Waals surface area contributed by atoms with Crippen molar-refractivity contribution in [3.63, 3.8) is 0 Å². The van der Waals surface area contributed by atoms with Crippen molar-refractivity contribution < 1.29 is 14.3 Å². The predicted octanol–water partition coefficient (Wildman–Crippen LogP) is 4.12. The van der Waals surface area contributed by atoms with Crippen LogP contribution in [0.3, 0.4) is 0 Å². The molecule has 0 aliphatic carbocycles. The van der Waals surface area contributed by atoms with E-state index in [9.17, 15) is 4.79 Å². The van der Waals surface area contributed by atoms with Crippen molar-refractivity contribution in [1.29, 1.82) is 0 Å². The summed E-state index contributed by atoms with van der Waals surface area (Å²) in [5.41, 5.74) is 3.13. The van der Waals surface area contributed by atoms with Crippen LogP contribution in [0.15, 0.2) is 42.5 Å². The van der Waals surface area contributed by atoms with Gasteiger partial charge in [-0.05, 0) is 62.7 Å². The van der Waals surface area contributed by atoms with E-state index in [1.54, 1.807) is 7.11 Å². The number of nitrogens with zero attached hydrogens (tertiary/aromatic N) is 1. The molecule has 0 bridgehead atoms. The van der Waals surface area contributed by atoms with Crippen LogP contribution in [0.4, 0.5) is 5.69 Å². The highest BCUT2D eigenvalue weighted by Crippen LogP contribution is 2.28. The molecule has 0 aromatic heterocycles. The Balaban J connectivity index is 1.99. The summed E-state index contributed by atoms with van der Waals surface area (Å²) in [5, 5.41) is 2.98. The molecule has 1 amide bonds. The molecule has 0 fully saturated rings. The molecule has 0 spiro atoms. The van der Waals surface area contributed by atoms with Crippen molar-refractivity contribution in [2.75, 3.05) is 26.1 Å². The van der Waals surface area contributed by atoms with Gasteiger partial charge in [-0.15, -0.1) is 0 Å². The summed E-state index contributed by atoms with van der Waals surface area (Å²) in [6, 6.07) is 13.6. The number of likely N-dealkylation sites (N-methyl/N-ethyl adjacent to an activating group) is 1. The molecule has 2 rings (SSSR count). The SMILES string of the molecule is CCOc1ccc(CN(C)[C@H](C)C(=O)Nc2ccc(CC)cc2)cc1OC. The largest absolute Gasteiger partial charge is 0.493 e. The molecule has 0 aliphatic heterocycles. The van der Waals surface area contributed by atoms with Crippen LogP contribution in [-0.4, -0.2) is 37.6 Å². The maximum atomic E-state index is 12.6. The zero-order valence-corrected chi connectivity index (χ0v) is 16.9. The summed E-state index contributed by atoms with van der Waals surface area (Å²) in [4.78, 5) is 14.6. The second kappa shape index (κ2) is 9.97. The highest BCUT2D eigenvalue weighted by Gasteiger charge is 2.19. The third-order valence-corrected chi connectivity index (χ3v) is 4.63. The van der Waals surface area contributed by atoms with Gasteiger partial charge in [0.25, 0.3) is 0 Å². The maximum Gasteiger partial charge on any atom is 0.241 e. The molecular formula is C22H30N2O3. The Kier molecular flexibility index (Phi) is 7.67. The first kappa shape index (κ1) is 20.8. The smallest absolute Gasteiger partial charge is 0.241 e. The molecular weight excluding hydrogens is 340 g/mol. The minimum atomic E-state index is -0.270. The van der Waals surface area contributed by atoms with E-state index in [2.05, 4.69) is 12.2 Å². The zero-order valence-electron chi connectivity index (χ0n) is 16.9. The van der Waals surface area contributed by atoms with Crippen molar-refractivity contribution in [1.82, 2.24) is 4.90 Å². The van der Waals surface area contributed by atoms with Crippen molar-refractivity contribution in [3.05, 3.63) is 53.6 Å². The Labute approximate surface area is 162 Å². The van der Waals surface area contributed by atoms with Crippen LogP contribution >= 0.6 is 0 Å². The van der Waals surface area contributed by atoms with E-state index >= 15 is 0 Å². The number of hydrogen-bond acceptors (Lipinski definition) is 4. The average Bonchev–Trinajstić information content (AvgIpc) is 2.69. The first-order chi connectivity index (χ1) is 13.0. The fourth-order valence-electron chi connectivity index (χ4n) is 2.78. The van der Waals surface area contributed by atoms with Gasteiger partial charge in [-0.3, -0.25) is 9.69 Å². The minimum Gasteiger partial charge on any atom is -0.493 e. The molecule has 1 atom stereocenters. The molecule has 5 heteroatoms. The number of ether oxygens (including phenoxy) is 2. The Bertz CT molecular complexity index is 744. The van der Waals surface area contributed by atoms with Gasteiger partial charge in [0.05, 0.1) is 19.8 Å². The molecule has 0 unspecified atom stereocenters. The Hall–Kier alpha value is -2.53. The van der Waals surface area contributed by atoms with Gasteiger partial charge in [0.15, 0.2) is 11.5 Å². The fourth-order valence-corrected chi connectivity index (χ4v) is 2.78. The lowest BCUT2D eigenvalue weighted by Gasteiger charge is -2.24. The molecule has 2 aromatic rings. The topological polar surface area (TPSA) is 50.8 Å². The van der Waals surface area contributed by atoms with Gasteiger partial charge in [0, 0.05) is 12.2 Å². The average molecular weight is 370 g/mol. The highest BCUT2D eigenvalue weighted by molar-refractivity contribution is 5.94. The molecule has 0 radical (unpaired) electrons. The Morgan fingerprint density at radius 1 is 1.07 bits per heavy atom. The lowest BCUT2D eigenvalue weighted by atomic mass is 10.1. The highest BCUT2D eigenvalue weighted by atomic mass is 16.5. The van der Waals surface area contributed by atoms with E-state index in [4.69, 9.17) is 9.47 Å². The first-order valence-electron chi connectivity index (χ1n) is 9.38. The zero-order chi connectivity index (χ0) is 19.8. The summed E-state index contributed by atoms with van der Waals surface area (Å²) in [5.74, 6) is 1.41. The number of anilines is 1. The normalized spacial score (nSPS) is 11.9. The van der Waals surface area contributed by atoms with Gasteiger partial charge in [0.2, 0.25) is 5.91 Å². The molecule has 5 nitrogen and oxygen atoms in total. The standard InChI is InChI=1S/C22H30N2O3/c1-6-17-8-11-19(12-9-17)23-22(25)16(3)24(4)15-18-10-13-20(27-7-2)21(14-18)26-5/h8-14,16H,6-7,15H2,1-5H3,(H,23,25)/t16-/m1/s1. The van der Waals surface area contributed by atoms with Crippen molar-refractivity contribution in [2.24, 2.45) is 0 Å². The van der Waals surface area contributed by atoms with Crippen LogP contribution < -0.4 is 14.8 Å². The van der Waals surface area contributed by atoms with Crippen LogP contribution in [0.2, 0.25) is 0 Å². The number of nitrogens with one attached hydrogen (secondary N) is 1. The van der Waals surface area contributed by atoms with Gasteiger partial charge >= 0.3 is 0 Å². The van der Waals surface area contributed by atoms with Crippen LogP contribution in [0, 0.1) is 0 Å². The summed E-state index contributed by atoms with van der Waals surface area (Å²) < 4.78 is 11.0. The molecule has 27 heavy (non-hydrogen) atoms. The number of benzene rings is 2. The van der Waals surface area contributed by atoms with Crippen LogP contribution in [0.1, 0.15) is 31.9 Å². The second-order valence-corrected chi connectivity index (χ2v) is 6.55. The van der Waals surface area contributed by atoms with Crippen LogP contribution in [0.5, 0.6) is 11.5 Å². The number of methoxy groups -OCH3 is 1. The van der Waals surface area contributed by atoms with Gasteiger partial charge in [-0.25, -0.2) is 0 Å². The van der Waals surface area contributed by atoms with Crippen molar-refractivity contribution in [2.45, 2.75) is 39.8 Å². The van der Waals surface area contributed by atoms with E-state index in [-0.39, 0.29) is 11.9 Å². The van der Waals surface area contributed by atoms with E-state index < -0.39 is 0 Å². The second-order valence-electron chi connectivity index (χ2n) is 6.55. The number of aryl methyl sites for hydroxylation is 1. The molecule has 146 valence electrons. The van der Waals surface area contributed by atoms with Crippen molar-refractivity contribution in [3.8, 4) is 11.5 Å². The Morgan fingerprint density at radius 2 is 1.74 bits per heavy atom. The quantitative estimate of drug-likeness (QED) is 0.721. The summed E-state index contributed by atoms with van der Waals surface area (Å²) in [6.07, 6.45) is 0.985. The monoisotopic (exact) mass is 370 g/mol. The molecule has 0 heterocycles. The Morgan fingerprint density at radius 3 is 2.33 bits per heavy atom. The number of carbonyl (C=O) groups is 1. The van der Waals surface area contributed by atoms with E-state index in [0.717, 1.165) is 23.4 Å². The summed E-state index contributed by atoms with van der Waals surface area (Å²) in [7, 11) is 3.57. The maximum absolute atomic E-state index is 12.6. The lowest BCUT2D eigenvalue weighted by Crippen LogP contribution is -2.39. The van der Waals surface area contributed by atoms with Gasteiger partial charge in [0.1, 0.15) is 0 Å². The number of amides is 1. The predicted molar refractivity (Wildman–Crippen MR) is 110 cm³/mol. The first-order valence-corrected chi connectivity index (χ1v) is 9.38. The number of carbonyl (C=O) groups excluding carboxylic acids is 1. The van der Waals surface area contributed by atoms with Crippen LogP contribution in [0.25, 0.3) is 0 Å². The molecule has 1 N–H and O–H groups in total. The molecule has 0 saturated heterocycles. The van der Waals surface area contributed by atoms with Gasteiger partial charge in [-0.1, -0.05) is 25.1 Å². The fraction of sp³-hybridized carbons (Fsp3) is 0.409. The van der Waals surface area contributed by atoms with E-state index in [1.165, 1.54) is 5.56 Å². The molecule has 0 saturated carbocycles. The minimum absolute atomic E-state index is 0.0281. The van der Waals surface area contributed by atoms with Gasteiger partial charge in [-0.2, -0.15) is 0 Å². The van der Waals surface area contributed by atoms with Crippen molar-refractivity contribution >= 4 is 11.6 Å². The van der Waals surface area contributed by atoms with Gasteiger partial charge < -0.3 is 14.8 Å². The van der Waals surface area contributed by atoms with E-state index in [0.29, 0.717) is 18.9 Å². The third kappa shape index (κ3) is 5.73. The number of rotatable bonds is 9. The lowest BCUT2D eigenvalue weighted by molar-refractivity contribution is -0.120.